The van der Waals surface area contributed by atoms with E-state index in [9.17, 15) is 0 Å². The molecule has 1 aromatic rings. The molecule has 0 saturated heterocycles. The van der Waals surface area contributed by atoms with E-state index in [2.05, 4.69) is 39.1 Å². The molecule has 0 bridgehead atoms. The molecule has 0 amide bonds. The smallest absolute Gasteiger partial charge is 0.0595 e. The second-order valence-electron chi connectivity index (χ2n) is 5.94. The van der Waals surface area contributed by atoms with Gasteiger partial charge in [0, 0.05) is 5.54 Å². The van der Waals surface area contributed by atoms with Gasteiger partial charge in [-0.1, -0.05) is 40.9 Å². The van der Waals surface area contributed by atoms with Gasteiger partial charge in [-0.3, -0.25) is 0 Å². The lowest BCUT2D eigenvalue weighted by Gasteiger charge is -2.19. The first-order valence-electron chi connectivity index (χ1n) is 6.62. The summed E-state index contributed by atoms with van der Waals surface area (Å²) in [7, 11) is 0. The molecule has 1 N–H and O–H groups in total. The molecule has 3 heteroatoms. The quantitative estimate of drug-likeness (QED) is 0.577. The van der Waals surface area contributed by atoms with Crippen LogP contribution in [0, 0.1) is 0 Å². The van der Waals surface area contributed by atoms with Gasteiger partial charge in [0.15, 0.2) is 0 Å². The number of allylic oxidation sites excluding steroid dienone is 1. The van der Waals surface area contributed by atoms with Crippen molar-refractivity contribution >= 4 is 23.2 Å². The molecule has 1 aromatic carbocycles. The monoisotopic (exact) mass is 299 g/mol. The van der Waals surface area contributed by atoms with E-state index in [-0.39, 0.29) is 5.54 Å². The average molecular weight is 300 g/mol. The fourth-order valence-electron chi connectivity index (χ4n) is 1.81. The molecule has 0 radical (unpaired) electrons. The van der Waals surface area contributed by atoms with Crippen LogP contribution in [0.15, 0.2) is 29.8 Å². The molecule has 0 unspecified atom stereocenters. The van der Waals surface area contributed by atoms with Crippen LogP contribution < -0.4 is 5.32 Å². The van der Waals surface area contributed by atoms with Gasteiger partial charge in [-0.25, -0.2) is 0 Å². The minimum atomic E-state index is 0.186. The number of nitrogens with one attached hydrogen (secondary N) is 1. The van der Waals surface area contributed by atoms with E-state index in [1.165, 1.54) is 11.1 Å². The van der Waals surface area contributed by atoms with E-state index in [1.807, 2.05) is 18.2 Å². The van der Waals surface area contributed by atoms with Crippen molar-refractivity contribution in [3.05, 3.63) is 45.5 Å². The summed E-state index contributed by atoms with van der Waals surface area (Å²) in [5.41, 5.74) is 2.74. The van der Waals surface area contributed by atoms with Gasteiger partial charge >= 0.3 is 0 Å². The molecule has 0 heterocycles. The molecule has 0 fully saturated rings. The summed E-state index contributed by atoms with van der Waals surface area (Å²) in [4.78, 5) is 0. The molecular weight excluding hydrogens is 277 g/mol. The van der Waals surface area contributed by atoms with Crippen molar-refractivity contribution in [2.75, 3.05) is 6.54 Å². The van der Waals surface area contributed by atoms with Crippen LogP contribution in [-0.2, 0) is 6.42 Å². The fraction of sp³-hybridized carbons (Fsp3) is 0.500. The number of hydrogen-bond acceptors (Lipinski definition) is 1. The third kappa shape index (κ3) is 7.00. The highest BCUT2D eigenvalue weighted by atomic mass is 35.5. The van der Waals surface area contributed by atoms with Crippen molar-refractivity contribution in [2.24, 2.45) is 0 Å². The summed E-state index contributed by atoms with van der Waals surface area (Å²) in [6, 6.07) is 5.82. The fourth-order valence-corrected chi connectivity index (χ4v) is 2.13. The first-order valence-corrected chi connectivity index (χ1v) is 7.38. The summed E-state index contributed by atoms with van der Waals surface area (Å²) in [6.45, 7) is 9.69. The van der Waals surface area contributed by atoms with Crippen LogP contribution in [0.3, 0.4) is 0 Å². The first kappa shape index (κ1) is 16.6. The zero-order valence-corrected chi connectivity index (χ0v) is 13.7. The van der Waals surface area contributed by atoms with Gasteiger partial charge in [-0.2, -0.15) is 0 Å². The lowest BCUT2D eigenvalue weighted by molar-refractivity contribution is 0.431. The first-order chi connectivity index (χ1) is 8.78. The maximum Gasteiger partial charge on any atom is 0.0595 e. The second-order valence-corrected chi connectivity index (χ2v) is 6.76. The normalized spacial score (nSPS) is 12.8. The predicted molar refractivity (Wildman–Crippen MR) is 86.3 cm³/mol. The Balaban J connectivity index is 2.45. The van der Waals surface area contributed by atoms with Crippen LogP contribution in [0.4, 0.5) is 0 Å². The van der Waals surface area contributed by atoms with Crippen molar-refractivity contribution in [3.63, 3.8) is 0 Å². The number of hydrogen-bond donors (Lipinski definition) is 1. The molecule has 0 saturated carbocycles. The van der Waals surface area contributed by atoms with Gasteiger partial charge in [-0.15, -0.1) is 0 Å². The van der Waals surface area contributed by atoms with Gasteiger partial charge in [-0.05, 0) is 64.8 Å². The summed E-state index contributed by atoms with van der Waals surface area (Å²) < 4.78 is 0. The van der Waals surface area contributed by atoms with E-state index in [4.69, 9.17) is 23.2 Å². The van der Waals surface area contributed by atoms with Gasteiger partial charge in [0.2, 0.25) is 0 Å². The topological polar surface area (TPSA) is 12.0 Å². The van der Waals surface area contributed by atoms with Crippen molar-refractivity contribution in [2.45, 2.75) is 46.1 Å². The van der Waals surface area contributed by atoms with E-state index < -0.39 is 0 Å². The van der Waals surface area contributed by atoms with Crippen LogP contribution in [-0.4, -0.2) is 12.1 Å². The Morgan fingerprint density at radius 1 is 1.21 bits per heavy atom. The maximum atomic E-state index is 6.01. The molecule has 1 rings (SSSR count). The zero-order valence-electron chi connectivity index (χ0n) is 12.2. The Bertz CT molecular complexity index is 445. The van der Waals surface area contributed by atoms with Crippen LogP contribution in [0.1, 0.15) is 39.7 Å². The molecule has 1 nitrogen and oxygen atoms in total. The third-order valence-corrected chi connectivity index (χ3v) is 3.50. The summed E-state index contributed by atoms with van der Waals surface area (Å²) in [5, 5.41) is 4.71. The van der Waals surface area contributed by atoms with Gasteiger partial charge in [0.25, 0.3) is 0 Å². The molecule has 0 aliphatic carbocycles. The Hall–Kier alpha value is -0.500. The Labute approximate surface area is 127 Å². The van der Waals surface area contributed by atoms with Crippen molar-refractivity contribution < 1.29 is 0 Å². The molecular formula is C16H23Cl2N. The Kier molecular flexibility index (Phi) is 6.38. The van der Waals surface area contributed by atoms with E-state index in [0.717, 1.165) is 19.4 Å². The highest BCUT2D eigenvalue weighted by molar-refractivity contribution is 6.42. The molecule has 0 atom stereocenters. The van der Waals surface area contributed by atoms with Gasteiger partial charge in [0.05, 0.1) is 10.0 Å². The highest BCUT2D eigenvalue weighted by Gasteiger charge is 2.06. The van der Waals surface area contributed by atoms with Crippen molar-refractivity contribution in [3.8, 4) is 0 Å². The minimum absolute atomic E-state index is 0.186. The lowest BCUT2D eigenvalue weighted by Crippen LogP contribution is -2.36. The lowest BCUT2D eigenvalue weighted by atomic mass is 10.1. The number of benzene rings is 1. The van der Waals surface area contributed by atoms with Gasteiger partial charge < -0.3 is 5.32 Å². The molecule has 19 heavy (non-hydrogen) atoms. The Morgan fingerprint density at radius 3 is 2.47 bits per heavy atom. The van der Waals surface area contributed by atoms with Crippen LogP contribution in [0.25, 0.3) is 0 Å². The van der Waals surface area contributed by atoms with Crippen LogP contribution in [0.5, 0.6) is 0 Å². The average Bonchev–Trinajstić information content (AvgIpc) is 2.28. The maximum absolute atomic E-state index is 6.01. The van der Waals surface area contributed by atoms with Crippen molar-refractivity contribution in [1.82, 2.24) is 5.32 Å². The van der Waals surface area contributed by atoms with E-state index >= 15 is 0 Å². The zero-order chi connectivity index (χ0) is 14.5. The van der Waals surface area contributed by atoms with E-state index in [1.54, 1.807) is 0 Å². The molecule has 0 aromatic heterocycles. The largest absolute Gasteiger partial charge is 0.312 e. The summed E-state index contributed by atoms with van der Waals surface area (Å²) in [6.07, 6.45) is 4.25. The number of halogens is 2. The third-order valence-electron chi connectivity index (χ3n) is 2.76. The second kappa shape index (κ2) is 7.33. The predicted octanol–water partition coefficient (Wildman–Crippen LogP) is 5.26. The van der Waals surface area contributed by atoms with Crippen LogP contribution in [0.2, 0.25) is 10.0 Å². The highest BCUT2D eigenvalue weighted by Crippen LogP contribution is 2.23. The standard InChI is InChI=1S/C16H23Cl2N/c1-12(6-5-9-19-16(2,3)4)10-13-7-8-14(17)15(18)11-13/h6-8,11,19H,5,9-10H2,1-4H3. The molecule has 0 aliphatic heterocycles. The summed E-state index contributed by atoms with van der Waals surface area (Å²) >= 11 is 11.9. The SMILES string of the molecule is CC(=CCCNC(C)(C)C)Cc1ccc(Cl)c(Cl)c1. The van der Waals surface area contributed by atoms with Crippen molar-refractivity contribution in [1.29, 1.82) is 0 Å². The molecule has 106 valence electrons. The summed E-state index contributed by atoms with van der Waals surface area (Å²) in [5.74, 6) is 0. The van der Waals surface area contributed by atoms with E-state index in [0.29, 0.717) is 10.0 Å². The number of rotatable bonds is 5. The Morgan fingerprint density at radius 2 is 1.89 bits per heavy atom. The van der Waals surface area contributed by atoms with Crippen LogP contribution >= 0.6 is 23.2 Å². The molecule has 0 spiro atoms. The molecule has 0 aliphatic rings. The minimum Gasteiger partial charge on any atom is -0.312 e. The van der Waals surface area contributed by atoms with Gasteiger partial charge in [0.1, 0.15) is 0 Å².